The van der Waals surface area contributed by atoms with Gasteiger partial charge in [0, 0.05) is 0 Å². The molecule has 0 spiro atoms. The van der Waals surface area contributed by atoms with E-state index in [0.29, 0.717) is 0 Å². The van der Waals surface area contributed by atoms with Gasteiger partial charge in [-0.1, -0.05) is 30.4 Å². The number of likely N-dealkylation sites (tertiary alicyclic amines) is 1. The molecule has 1 nitrogen and oxygen atoms in total. The minimum Gasteiger partial charge on any atom is -0.306 e. The lowest BCUT2D eigenvalue weighted by atomic mass is 9.88. The zero-order valence-corrected chi connectivity index (χ0v) is 8.95. The topological polar surface area (TPSA) is 3.24 Å². The van der Waals surface area contributed by atoms with E-state index in [1.165, 1.54) is 25.9 Å². The van der Waals surface area contributed by atoms with Crippen molar-refractivity contribution in [3.63, 3.8) is 0 Å². The molecule has 14 heavy (non-hydrogen) atoms. The Morgan fingerprint density at radius 2 is 2.00 bits per heavy atom. The van der Waals surface area contributed by atoms with Crippen LogP contribution in [0.15, 0.2) is 36.0 Å². The zero-order chi connectivity index (χ0) is 9.80. The summed E-state index contributed by atoms with van der Waals surface area (Å²) in [6.07, 6.45) is 15.0. The largest absolute Gasteiger partial charge is 0.306 e. The lowest BCUT2D eigenvalue weighted by Crippen LogP contribution is -2.30. The molecule has 0 aromatic carbocycles. The van der Waals surface area contributed by atoms with Crippen molar-refractivity contribution in [2.24, 2.45) is 5.92 Å². The Balaban J connectivity index is 1.98. The molecule has 0 aromatic heterocycles. The average Bonchev–Trinajstić information content (AvgIpc) is 2.47. The second-order valence-electron chi connectivity index (χ2n) is 4.30. The van der Waals surface area contributed by atoms with Crippen LogP contribution < -0.4 is 0 Å². The molecule has 0 atom stereocenters. The molecular weight excluding hydrogens is 170 g/mol. The van der Waals surface area contributed by atoms with Gasteiger partial charge in [0.05, 0.1) is 0 Å². The molecule has 2 aliphatic rings. The van der Waals surface area contributed by atoms with Gasteiger partial charge >= 0.3 is 0 Å². The summed E-state index contributed by atoms with van der Waals surface area (Å²) in [7, 11) is 2.22. The Labute approximate surface area is 86.8 Å². The van der Waals surface area contributed by atoms with Gasteiger partial charge in [-0.3, -0.25) is 0 Å². The van der Waals surface area contributed by atoms with Crippen molar-refractivity contribution in [2.45, 2.75) is 19.3 Å². The summed E-state index contributed by atoms with van der Waals surface area (Å²) in [6, 6.07) is 0. The molecule has 0 saturated carbocycles. The van der Waals surface area contributed by atoms with E-state index in [9.17, 15) is 0 Å². The molecule has 1 heteroatoms. The van der Waals surface area contributed by atoms with E-state index < -0.39 is 0 Å². The fraction of sp³-hybridized carbons (Fsp3) is 0.538. The van der Waals surface area contributed by atoms with Gasteiger partial charge in [-0.25, -0.2) is 0 Å². The first kappa shape index (κ1) is 9.72. The van der Waals surface area contributed by atoms with Crippen molar-refractivity contribution >= 4 is 0 Å². The smallest absolute Gasteiger partial charge is 0.00159 e. The first-order valence-electron chi connectivity index (χ1n) is 5.58. The molecule has 2 rings (SSSR count). The summed E-state index contributed by atoms with van der Waals surface area (Å²) in [5, 5.41) is 0. The molecule has 1 saturated heterocycles. The van der Waals surface area contributed by atoms with Crippen LogP contribution in [0.2, 0.25) is 0 Å². The van der Waals surface area contributed by atoms with Crippen LogP contribution in [0.25, 0.3) is 0 Å². The van der Waals surface area contributed by atoms with Crippen molar-refractivity contribution < 1.29 is 0 Å². The highest BCUT2D eigenvalue weighted by Crippen LogP contribution is 2.26. The van der Waals surface area contributed by atoms with Crippen LogP contribution in [0, 0.1) is 5.92 Å². The van der Waals surface area contributed by atoms with Crippen molar-refractivity contribution in [1.82, 2.24) is 4.90 Å². The van der Waals surface area contributed by atoms with Crippen LogP contribution in [-0.4, -0.2) is 25.0 Å². The van der Waals surface area contributed by atoms with Crippen molar-refractivity contribution in [3.8, 4) is 0 Å². The number of allylic oxidation sites excluding steroid dienone is 6. The molecule has 0 bridgehead atoms. The number of hydrogen-bond acceptors (Lipinski definition) is 1. The van der Waals surface area contributed by atoms with Gasteiger partial charge in [-0.15, -0.1) is 0 Å². The highest BCUT2D eigenvalue weighted by molar-refractivity contribution is 5.28. The Kier molecular flexibility index (Phi) is 3.20. The zero-order valence-electron chi connectivity index (χ0n) is 8.95. The Morgan fingerprint density at radius 1 is 1.21 bits per heavy atom. The minimum atomic E-state index is 0.808. The number of hydrogen-bond donors (Lipinski definition) is 0. The molecule has 0 amide bonds. The van der Waals surface area contributed by atoms with Crippen LogP contribution in [0.5, 0.6) is 0 Å². The quantitative estimate of drug-likeness (QED) is 0.613. The summed E-state index contributed by atoms with van der Waals surface area (Å²) < 4.78 is 0. The third-order valence-corrected chi connectivity index (χ3v) is 3.22. The highest BCUT2D eigenvalue weighted by atomic mass is 15.1. The van der Waals surface area contributed by atoms with Crippen LogP contribution in [-0.2, 0) is 0 Å². The van der Waals surface area contributed by atoms with E-state index in [2.05, 4.69) is 42.3 Å². The maximum Gasteiger partial charge on any atom is -0.00159 e. The minimum absolute atomic E-state index is 0.808. The maximum absolute atomic E-state index is 2.43. The van der Waals surface area contributed by atoms with Crippen LogP contribution in [0.4, 0.5) is 0 Å². The maximum atomic E-state index is 2.43. The molecule has 0 unspecified atom stereocenters. The summed E-state index contributed by atoms with van der Waals surface area (Å²) in [5.41, 5.74) is 1.56. The third-order valence-electron chi connectivity index (χ3n) is 3.22. The van der Waals surface area contributed by atoms with Crippen molar-refractivity contribution in [1.29, 1.82) is 0 Å². The lowest BCUT2D eigenvalue weighted by Gasteiger charge is -2.29. The van der Waals surface area contributed by atoms with Gasteiger partial charge in [0.15, 0.2) is 0 Å². The fourth-order valence-electron chi connectivity index (χ4n) is 2.24. The molecular formula is C13H19N. The predicted octanol–water partition coefficient (Wildman–Crippen LogP) is 2.77. The summed E-state index contributed by atoms with van der Waals surface area (Å²) in [5.74, 6) is 0.808. The Morgan fingerprint density at radius 3 is 2.79 bits per heavy atom. The van der Waals surface area contributed by atoms with E-state index >= 15 is 0 Å². The monoisotopic (exact) mass is 189 g/mol. The molecule has 0 aromatic rings. The van der Waals surface area contributed by atoms with E-state index in [1.807, 2.05) is 0 Å². The van der Waals surface area contributed by atoms with E-state index in [4.69, 9.17) is 0 Å². The number of piperidine rings is 1. The molecule has 1 aliphatic heterocycles. The summed E-state index contributed by atoms with van der Waals surface area (Å²) in [6.45, 7) is 2.51. The van der Waals surface area contributed by atoms with Gasteiger partial charge in [0.2, 0.25) is 0 Å². The Bertz CT molecular complexity index is 265. The highest BCUT2D eigenvalue weighted by Gasteiger charge is 2.18. The molecule has 1 fully saturated rings. The van der Waals surface area contributed by atoms with Gasteiger partial charge < -0.3 is 4.90 Å². The van der Waals surface area contributed by atoms with Crippen LogP contribution >= 0.6 is 0 Å². The molecule has 1 heterocycles. The number of nitrogens with zero attached hydrogens (tertiary/aromatic N) is 1. The van der Waals surface area contributed by atoms with Gasteiger partial charge in [-0.05, 0) is 50.9 Å². The molecule has 0 N–H and O–H groups in total. The average molecular weight is 189 g/mol. The first-order valence-corrected chi connectivity index (χ1v) is 5.58. The van der Waals surface area contributed by atoms with Crippen molar-refractivity contribution in [2.75, 3.05) is 20.1 Å². The third kappa shape index (κ3) is 2.36. The van der Waals surface area contributed by atoms with Gasteiger partial charge in [0.25, 0.3) is 0 Å². The summed E-state index contributed by atoms with van der Waals surface area (Å²) in [4.78, 5) is 2.43. The lowest BCUT2D eigenvalue weighted by molar-refractivity contribution is 0.240. The SMILES string of the molecule is CN1CCC(C2=CCC=CC=C2)CC1. The predicted molar refractivity (Wildman–Crippen MR) is 61.2 cm³/mol. The molecule has 1 aliphatic carbocycles. The van der Waals surface area contributed by atoms with E-state index in [0.717, 1.165) is 12.3 Å². The Hall–Kier alpha value is -0.820. The second kappa shape index (κ2) is 4.61. The standard InChI is InChI=1S/C13H19N/c1-14-10-8-13(9-11-14)12-6-4-2-3-5-7-12/h2-4,6-7,13H,5,8-11H2,1H3. The van der Waals surface area contributed by atoms with Crippen LogP contribution in [0.3, 0.4) is 0 Å². The van der Waals surface area contributed by atoms with E-state index in [-0.39, 0.29) is 0 Å². The fourth-order valence-corrected chi connectivity index (χ4v) is 2.24. The van der Waals surface area contributed by atoms with Crippen molar-refractivity contribution in [3.05, 3.63) is 36.0 Å². The molecule has 76 valence electrons. The second-order valence-corrected chi connectivity index (χ2v) is 4.30. The number of rotatable bonds is 1. The van der Waals surface area contributed by atoms with Gasteiger partial charge in [-0.2, -0.15) is 0 Å². The van der Waals surface area contributed by atoms with Crippen LogP contribution in [0.1, 0.15) is 19.3 Å². The summed E-state index contributed by atoms with van der Waals surface area (Å²) >= 11 is 0. The first-order chi connectivity index (χ1) is 6.86. The van der Waals surface area contributed by atoms with Gasteiger partial charge in [0.1, 0.15) is 0 Å². The van der Waals surface area contributed by atoms with E-state index in [1.54, 1.807) is 5.57 Å². The normalized spacial score (nSPS) is 24.8. The molecule has 0 radical (unpaired) electrons.